The summed E-state index contributed by atoms with van der Waals surface area (Å²) in [5.41, 5.74) is 0. The molecule has 0 aromatic heterocycles. The maximum absolute atomic E-state index is 13.5. The van der Waals surface area contributed by atoms with Gasteiger partial charge in [0, 0.05) is 39.9 Å². The van der Waals surface area contributed by atoms with E-state index >= 15 is 0 Å². The molecular formula is C18H27F2N3O2. The molecular weight excluding hydrogens is 328 g/mol. The molecule has 1 aromatic carbocycles. The van der Waals surface area contributed by atoms with E-state index in [1.807, 2.05) is 7.05 Å². The van der Waals surface area contributed by atoms with E-state index in [1.54, 1.807) is 7.05 Å². The summed E-state index contributed by atoms with van der Waals surface area (Å²) in [5, 5.41) is 3.19. The van der Waals surface area contributed by atoms with E-state index in [0.29, 0.717) is 12.5 Å². The van der Waals surface area contributed by atoms with Crippen LogP contribution in [0.3, 0.4) is 0 Å². The Kier molecular flexibility index (Phi) is 7.91. The maximum atomic E-state index is 13.5. The van der Waals surface area contributed by atoms with Crippen LogP contribution in [0.15, 0.2) is 23.2 Å². The first-order valence-electron chi connectivity index (χ1n) is 8.67. The molecule has 0 bridgehead atoms. The topological polar surface area (TPSA) is 46.1 Å². The predicted molar refractivity (Wildman–Crippen MR) is 94.0 cm³/mol. The molecule has 0 aliphatic carbocycles. The van der Waals surface area contributed by atoms with Gasteiger partial charge in [0.25, 0.3) is 0 Å². The molecule has 1 aliphatic rings. The normalized spacial score (nSPS) is 15.9. The molecule has 0 amide bonds. The molecule has 2 rings (SSSR count). The van der Waals surface area contributed by atoms with E-state index in [9.17, 15) is 8.78 Å². The number of aliphatic imine (C=N–C) groups is 1. The average molecular weight is 355 g/mol. The Balaban J connectivity index is 1.68. The zero-order valence-corrected chi connectivity index (χ0v) is 14.9. The zero-order valence-electron chi connectivity index (χ0n) is 14.9. The highest BCUT2D eigenvalue weighted by atomic mass is 19.1. The Hall–Kier alpha value is -1.89. The minimum atomic E-state index is -0.696. The molecule has 1 aromatic rings. The number of guanidine groups is 1. The molecule has 7 heteroatoms. The fourth-order valence-electron chi connectivity index (χ4n) is 2.82. The largest absolute Gasteiger partial charge is 0.489 e. The summed E-state index contributed by atoms with van der Waals surface area (Å²) < 4.78 is 37.0. The Bertz CT molecular complexity index is 563. The first-order chi connectivity index (χ1) is 12.1. The summed E-state index contributed by atoms with van der Waals surface area (Å²) in [6.45, 7) is 3.37. The Morgan fingerprint density at radius 2 is 2.12 bits per heavy atom. The molecule has 1 saturated heterocycles. The lowest BCUT2D eigenvalue weighted by atomic mass is 9.96. The second-order valence-electron chi connectivity index (χ2n) is 6.16. The number of benzene rings is 1. The van der Waals surface area contributed by atoms with Crippen LogP contribution < -0.4 is 10.1 Å². The Morgan fingerprint density at radius 3 is 2.80 bits per heavy atom. The van der Waals surface area contributed by atoms with E-state index in [-0.39, 0.29) is 12.4 Å². The molecule has 1 heterocycles. The molecule has 5 nitrogen and oxygen atoms in total. The second kappa shape index (κ2) is 10.2. The summed E-state index contributed by atoms with van der Waals surface area (Å²) >= 11 is 0. The van der Waals surface area contributed by atoms with E-state index in [0.717, 1.165) is 51.0 Å². The standard InChI is InChI=1S/C18H27F2N3O2/c1-21-18(23(2)9-5-14-6-10-24-11-7-14)22-8-12-25-17-4-3-15(19)13-16(17)20/h3-4,13-14H,5-12H2,1-2H3,(H,21,22). The van der Waals surface area contributed by atoms with Crippen molar-refractivity contribution in [3.8, 4) is 5.75 Å². The van der Waals surface area contributed by atoms with Gasteiger partial charge in [0.15, 0.2) is 17.5 Å². The van der Waals surface area contributed by atoms with Crippen molar-refractivity contribution < 1.29 is 18.3 Å². The van der Waals surface area contributed by atoms with Gasteiger partial charge in [-0.05, 0) is 37.3 Å². The SMILES string of the molecule is CN=C(NCCOc1ccc(F)cc1F)N(C)CCC1CCOCC1. The third-order valence-electron chi connectivity index (χ3n) is 4.32. The van der Waals surface area contributed by atoms with Crippen LogP contribution in [-0.4, -0.2) is 57.9 Å². The lowest BCUT2D eigenvalue weighted by molar-refractivity contribution is 0.0625. The molecule has 0 radical (unpaired) electrons. The van der Waals surface area contributed by atoms with E-state index in [1.165, 1.54) is 12.1 Å². The lowest BCUT2D eigenvalue weighted by Crippen LogP contribution is -2.41. The molecule has 0 saturated carbocycles. The average Bonchev–Trinajstić information content (AvgIpc) is 2.62. The number of halogens is 2. The van der Waals surface area contributed by atoms with Crippen LogP contribution in [0.25, 0.3) is 0 Å². The van der Waals surface area contributed by atoms with E-state index in [2.05, 4.69) is 15.2 Å². The van der Waals surface area contributed by atoms with Crippen molar-refractivity contribution in [3.63, 3.8) is 0 Å². The lowest BCUT2D eigenvalue weighted by Gasteiger charge is -2.26. The van der Waals surface area contributed by atoms with Gasteiger partial charge in [0.2, 0.25) is 0 Å². The van der Waals surface area contributed by atoms with Crippen molar-refractivity contribution in [1.29, 1.82) is 0 Å². The minimum Gasteiger partial charge on any atom is -0.489 e. The van der Waals surface area contributed by atoms with E-state index < -0.39 is 11.6 Å². The number of hydrogen-bond acceptors (Lipinski definition) is 3. The first kappa shape index (κ1) is 19.4. The van der Waals surface area contributed by atoms with Crippen molar-refractivity contribution in [1.82, 2.24) is 10.2 Å². The van der Waals surface area contributed by atoms with Gasteiger partial charge in [-0.15, -0.1) is 0 Å². The number of nitrogens with one attached hydrogen (secondary N) is 1. The minimum absolute atomic E-state index is 0.0473. The molecule has 1 aliphatic heterocycles. The Labute approximate surface area is 148 Å². The highest BCUT2D eigenvalue weighted by molar-refractivity contribution is 5.79. The molecule has 1 fully saturated rings. The van der Waals surface area contributed by atoms with Crippen molar-refractivity contribution in [3.05, 3.63) is 29.8 Å². The van der Waals surface area contributed by atoms with Crippen LogP contribution in [-0.2, 0) is 4.74 Å². The van der Waals surface area contributed by atoms with Gasteiger partial charge < -0.3 is 19.7 Å². The third-order valence-corrected chi connectivity index (χ3v) is 4.32. The highest BCUT2D eigenvalue weighted by Gasteiger charge is 2.15. The molecule has 1 N–H and O–H groups in total. The molecule has 0 unspecified atom stereocenters. The van der Waals surface area contributed by atoms with Crippen LogP contribution >= 0.6 is 0 Å². The maximum Gasteiger partial charge on any atom is 0.193 e. The number of rotatable bonds is 7. The van der Waals surface area contributed by atoms with Gasteiger partial charge in [-0.2, -0.15) is 0 Å². The quantitative estimate of drug-likeness (QED) is 0.464. The van der Waals surface area contributed by atoms with Gasteiger partial charge in [0.1, 0.15) is 12.4 Å². The van der Waals surface area contributed by atoms with Gasteiger partial charge in [-0.3, -0.25) is 4.99 Å². The third kappa shape index (κ3) is 6.49. The van der Waals surface area contributed by atoms with Crippen LogP contribution in [0.5, 0.6) is 5.75 Å². The van der Waals surface area contributed by atoms with Gasteiger partial charge >= 0.3 is 0 Å². The number of nitrogens with zero attached hydrogens (tertiary/aromatic N) is 2. The summed E-state index contributed by atoms with van der Waals surface area (Å²) in [4.78, 5) is 6.33. The van der Waals surface area contributed by atoms with Crippen molar-refractivity contribution in [2.45, 2.75) is 19.3 Å². The molecule has 25 heavy (non-hydrogen) atoms. The summed E-state index contributed by atoms with van der Waals surface area (Å²) in [6.07, 6.45) is 3.35. The molecule has 0 spiro atoms. The zero-order chi connectivity index (χ0) is 18.1. The predicted octanol–water partition coefficient (Wildman–Crippen LogP) is 2.67. The van der Waals surface area contributed by atoms with Gasteiger partial charge in [-0.1, -0.05) is 0 Å². The fraction of sp³-hybridized carbons (Fsp3) is 0.611. The van der Waals surface area contributed by atoms with Crippen molar-refractivity contribution >= 4 is 5.96 Å². The van der Waals surface area contributed by atoms with Crippen molar-refractivity contribution in [2.75, 3.05) is 47.0 Å². The van der Waals surface area contributed by atoms with E-state index in [4.69, 9.17) is 9.47 Å². The number of hydrogen-bond donors (Lipinski definition) is 1. The first-order valence-corrected chi connectivity index (χ1v) is 8.67. The molecule has 140 valence electrons. The van der Waals surface area contributed by atoms with Gasteiger partial charge in [0.05, 0.1) is 6.54 Å². The summed E-state index contributed by atoms with van der Waals surface area (Å²) in [5.74, 6) is 0.216. The van der Waals surface area contributed by atoms with Crippen LogP contribution in [0, 0.1) is 17.6 Å². The fourth-order valence-corrected chi connectivity index (χ4v) is 2.82. The second-order valence-corrected chi connectivity index (χ2v) is 6.16. The van der Waals surface area contributed by atoms with Crippen LogP contribution in [0.1, 0.15) is 19.3 Å². The number of ether oxygens (including phenoxy) is 2. The summed E-state index contributed by atoms with van der Waals surface area (Å²) in [6, 6.07) is 3.28. The van der Waals surface area contributed by atoms with Crippen LogP contribution in [0.4, 0.5) is 8.78 Å². The van der Waals surface area contributed by atoms with Gasteiger partial charge in [-0.25, -0.2) is 8.78 Å². The van der Waals surface area contributed by atoms with Crippen molar-refractivity contribution in [2.24, 2.45) is 10.9 Å². The monoisotopic (exact) mass is 355 g/mol. The summed E-state index contributed by atoms with van der Waals surface area (Å²) in [7, 11) is 3.73. The van der Waals surface area contributed by atoms with Crippen LogP contribution in [0.2, 0.25) is 0 Å². The Morgan fingerprint density at radius 1 is 1.36 bits per heavy atom. The molecule has 0 atom stereocenters. The smallest absolute Gasteiger partial charge is 0.193 e. The highest BCUT2D eigenvalue weighted by Crippen LogP contribution is 2.19.